The van der Waals surface area contributed by atoms with Crippen LogP contribution in [0.25, 0.3) is 0 Å². The molecule has 0 aliphatic carbocycles. The molecule has 0 aromatic heterocycles. The van der Waals surface area contributed by atoms with Crippen LogP contribution < -0.4 is 5.48 Å². The monoisotopic (exact) mass is 177 g/mol. The molecule has 0 fully saturated rings. The van der Waals surface area contributed by atoms with Crippen molar-refractivity contribution < 1.29 is 9.63 Å². The van der Waals surface area contributed by atoms with Gasteiger partial charge in [0.15, 0.2) is 11.5 Å². The summed E-state index contributed by atoms with van der Waals surface area (Å²) in [5.41, 5.74) is 3.39. The summed E-state index contributed by atoms with van der Waals surface area (Å²) in [7, 11) is 0. The number of para-hydroxylation sites is 1. The molecule has 0 saturated heterocycles. The summed E-state index contributed by atoms with van der Waals surface area (Å²) < 4.78 is 0. The zero-order chi connectivity index (χ0) is 9.68. The second kappa shape index (κ2) is 4.30. The number of hydrogen-bond donors (Lipinski definition) is 1. The fourth-order valence-corrected chi connectivity index (χ4v) is 0.699. The highest BCUT2D eigenvalue weighted by molar-refractivity contribution is 5.90. The van der Waals surface area contributed by atoms with Crippen molar-refractivity contribution in [2.75, 3.05) is 5.48 Å². The number of allylic oxidation sites excluding steroid dienone is 1. The number of nitrogens with one attached hydrogen (secondary N) is 1. The molecule has 68 valence electrons. The number of rotatable bonds is 4. The van der Waals surface area contributed by atoms with Gasteiger partial charge in [-0.3, -0.25) is 4.79 Å². The lowest BCUT2D eigenvalue weighted by Gasteiger charge is -2.07. The molecule has 3 heteroatoms. The van der Waals surface area contributed by atoms with Gasteiger partial charge in [0.1, 0.15) is 0 Å². The summed E-state index contributed by atoms with van der Waals surface area (Å²) in [5.74, 6) is -0.0905. The Kier molecular flexibility index (Phi) is 3.09. The minimum Gasteiger partial charge on any atom is -0.379 e. The Bertz CT molecular complexity index is 306. The maximum atomic E-state index is 10.7. The van der Waals surface area contributed by atoms with Gasteiger partial charge in [-0.25, -0.2) is 5.48 Å². The zero-order valence-corrected chi connectivity index (χ0v) is 7.41. The molecule has 0 saturated carbocycles. The summed E-state index contributed by atoms with van der Waals surface area (Å²) in [4.78, 5) is 15.6. The minimum atomic E-state index is -0.191. The van der Waals surface area contributed by atoms with E-state index in [0.29, 0.717) is 0 Å². The zero-order valence-electron chi connectivity index (χ0n) is 7.41. The van der Waals surface area contributed by atoms with E-state index in [-0.39, 0.29) is 11.5 Å². The lowest BCUT2D eigenvalue weighted by atomic mass is 10.3. The number of hydrogen-bond acceptors (Lipinski definition) is 3. The molecule has 0 aliphatic heterocycles. The largest absolute Gasteiger partial charge is 0.379 e. The maximum absolute atomic E-state index is 10.7. The van der Waals surface area contributed by atoms with Crippen molar-refractivity contribution in [3.05, 3.63) is 42.7 Å². The highest BCUT2D eigenvalue weighted by Gasteiger charge is 2.00. The number of ketones is 1. The van der Waals surface area contributed by atoms with Gasteiger partial charge >= 0.3 is 0 Å². The van der Waals surface area contributed by atoms with Gasteiger partial charge in [-0.15, -0.1) is 0 Å². The Morgan fingerprint density at radius 3 is 2.54 bits per heavy atom. The first-order valence-corrected chi connectivity index (χ1v) is 3.88. The van der Waals surface area contributed by atoms with Gasteiger partial charge < -0.3 is 4.84 Å². The number of carbonyl (C=O) groups is 1. The van der Waals surface area contributed by atoms with Crippen LogP contribution in [-0.4, -0.2) is 5.78 Å². The average Bonchev–Trinajstić information content (AvgIpc) is 2.15. The molecule has 0 unspecified atom stereocenters. The van der Waals surface area contributed by atoms with E-state index >= 15 is 0 Å². The highest BCUT2D eigenvalue weighted by Crippen LogP contribution is 2.06. The molecule has 13 heavy (non-hydrogen) atoms. The summed E-state index contributed by atoms with van der Waals surface area (Å²) >= 11 is 0. The Morgan fingerprint density at radius 1 is 1.38 bits per heavy atom. The van der Waals surface area contributed by atoms with Crippen LogP contribution in [-0.2, 0) is 9.63 Å². The minimum absolute atomic E-state index is 0.101. The van der Waals surface area contributed by atoms with E-state index < -0.39 is 0 Å². The number of Topliss-reactive ketones (excluding diaryl/α,β-unsaturated/α-hetero) is 1. The molecular formula is C10H11NO2. The molecule has 0 radical (unpaired) electrons. The Morgan fingerprint density at radius 2 is 2.00 bits per heavy atom. The van der Waals surface area contributed by atoms with E-state index in [0.717, 1.165) is 5.69 Å². The summed E-state index contributed by atoms with van der Waals surface area (Å²) in [5, 5.41) is 0. The van der Waals surface area contributed by atoms with Crippen LogP contribution in [0.3, 0.4) is 0 Å². The first kappa shape index (κ1) is 9.32. The Balaban J connectivity index is 2.44. The van der Waals surface area contributed by atoms with Crippen molar-refractivity contribution in [1.82, 2.24) is 0 Å². The summed E-state index contributed by atoms with van der Waals surface area (Å²) in [6.45, 7) is 4.83. The van der Waals surface area contributed by atoms with Crippen LogP contribution in [0.4, 0.5) is 5.69 Å². The Labute approximate surface area is 77.0 Å². The number of benzene rings is 1. The lowest BCUT2D eigenvalue weighted by molar-refractivity contribution is -0.116. The third-order valence-electron chi connectivity index (χ3n) is 1.46. The molecule has 0 bridgehead atoms. The van der Waals surface area contributed by atoms with Crippen molar-refractivity contribution in [2.24, 2.45) is 0 Å². The standard InChI is InChI=1S/C10H11NO2/c1-8(12)9(2)13-11-10-6-4-3-5-7-10/h3-7,11H,2H2,1H3. The van der Waals surface area contributed by atoms with Gasteiger partial charge in [-0.1, -0.05) is 18.2 Å². The van der Waals surface area contributed by atoms with Gasteiger partial charge in [-0.2, -0.15) is 0 Å². The van der Waals surface area contributed by atoms with Crippen LogP contribution in [0.15, 0.2) is 42.7 Å². The highest BCUT2D eigenvalue weighted by atomic mass is 16.6. The topological polar surface area (TPSA) is 38.3 Å². The first-order chi connectivity index (χ1) is 6.20. The fourth-order valence-electron chi connectivity index (χ4n) is 0.699. The van der Waals surface area contributed by atoms with E-state index in [9.17, 15) is 4.79 Å². The van der Waals surface area contributed by atoms with Crippen LogP contribution >= 0.6 is 0 Å². The number of carbonyl (C=O) groups excluding carboxylic acids is 1. The van der Waals surface area contributed by atoms with Gasteiger partial charge in [0.25, 0.3) is 0 Å². The molecule has 0 heterocycles. The van der Waals surface area contributed by atoms with Gasteiger partial charge in [0.05, 0.1) is 5.69 Å². The molecule has 3 nitrogen and oxygen atoms in total. The maximum Gasteiger partial charge on any atom is 0.196 e. The van der Waals surface area contributed by atoms with E-state index in [4.69, 9.17) is 4.84 Å². The SMILES string of the molecule is C=C(ONc1ccccc1)C(C)=O. The van der Waals surface area contributed by atoms with Crippen LogP contribution in [0.2, 0.25) is 0 Å². The Hall–Kier alpha value is -1.77. The van der Waals surface area contributed by atoms with E-state index in [1.165, 1.54) is 6.92 Å². The predicted molar refractivity (Wildman–Crippen MR) is 51.0 cm³/mol. The van der Waals surface area contributed by atoms with Crippen molar-refractivity contribution in [3.8, 4) is 0 Å². The number of anilines is 1. The van der Waals surface area contributed by atoms with Crippen molar-refractivity contribution in [2.45, 2.75) is 6.92 Å². The van der Waals surface area contributed by atoms with Crippen LogP contribution in [0.1, 0.15) is 6.92 Å². The molecule has 0 amide bonds. The van der Waals surface area contributed by atoms with Crippen molar-refractivity contribution >= 4 is 11.5 Å². The lowest BCUT2D eigenvalue weighted by Crippen LogP contribution is -2.05. The molecule has 1 rings (SSSR count). The summed E-state index contributed by atoms with van der Waals surface area (Å²) in [6.07, 6.45) is 0. The van der Waals surface area contributed by atoms with E-state index in [2.05, 4.69) is 12.1 Å². The van der Waals surface area contributed by atoms with E-state index in [1.54, 1.807) is 0 Å². The first-order valence-electron chi connectivity index (χ1n) is 3.88. The molecule has 1 N–H and O–H groups in total. The second-order valence-corrected chi connectivity index (χ2v) is 2.55. The van der Waals surface area contributed by atoms with Gasteiger partial charge in [-0.05, 0) is 18.7 Å². The third-order valence-corrected chi connectivity index (χ3v) is 1.46. The van der Waals surface area contributed by atoms with Crippen molar-refractivity contribution in [3.63, 3.8) is 0 Å². The predicted octanol–water partition coefficient (Wildman–Crippen LogP) is 2.13. The molecule has 1 aromatic carbocycles. The van der Waals surface area contributed by atoms with E-state index in [1.807, 2.05) is 30.3 Å². The molecule has 0 spiro atoms. The molecular weight excluding hydrogens is 166 g/mol. The van der Waals surface area contributed by atoms with Gasteiger partial charge in [0.2, 0.25) is 0 Å². The molecule has 0 aliphatic rings. The third kappa shape index (κ3) is 2.99. The van der Waals surface area contributed by atoms with Gasteiger partial charge in [0, 0.05) is 6.92 Å². The summed E-state index contributed by atoms with van der Waals surface area (Å²) in [6, 6.07) is 9.27. The van der Waals surface area contributed by atoms with Crippen LogP contribution in [0, 0.1) is 0 Å². The van der Waals surface area contributed by atoms with Crippen LogP contribution in [0.5, 0.6) is 0 Å². The fraction of sp³-hybridized carbons (Fsp3) is 0.100. The molecule has 1 aromatic rings. The normalized spacial score (nSPS) is 9.00. The molecule has 0 atom stereocenters. The second-order valence-electron chi connectivity index (χ2n) is 2.55. The quantitative estimate of drug-likeness (QED) is 0.435. The average molecular weight is 177 g/mol. The smallest absolute Gasteiger partial charge is 0.196 e. The van der Waals surface area contributed by atoms with Crippen molar-refractivity contribution in [1.29, 1.82) is 0 Å².